The zero-order valence-electron chi connectivity index (χ0n) is 8.03. The minimum absolute atomic E-state index is 0.000101. The second-order valence-electron chi connectivity index (χ2n) is 3.31. The summed E-state index contributed by atoms with van der Waals surface area (Å²) in [5, 5.41) is 0. The lowest BCUT2D eigenvalue weighted by Crippen LogP contribution is -2.31. The smallest absolute Gasteiger partial charge is 0.214 e. The Bertz CT molecular complexity index is 359. The van der Waals surface area contributed by atoms with E-state index in [0.29, 0.717) is 0 Å². The van der Waals surface area contributed by atoms with Gasteiger partial charge in [0.1, 0.15) is 0 Å². The first kappa shape index (κ1) is 14.2. The van der Waals surface area contributed by atoms with Crippen LogP contribution in [0.1, 0.15) is 13.8 Å². The van der Waals surface area contributed by atoms with Crippen LogP contribution in [0.5, 0.6) is 0 Å². The van der Waals surface area contributed by atoms with Crippen LogP contribution in [0.3, 0.4) is 0 Å². The Morgan fingerprint density at radius 2 is 1.71 bits per heavy atom. The predicted octanol–water partition coefficient (Wildman–Crippen LogP) is 0.130. The molecule has 0 saturated heterocycles. The molecule has 0 heterocycles. The predicted molar refractivity (Wildman–Crippen MR) is 56.3 cm³/mol. The molecular formula is C6H14ClNO4S2. The van der Waals surface area contributed by atoms with Gasteiger partial charge in [0.25, 0.3) is 0 Å². The monoisotopic (exact) mass is 263 g/mol. The Balaban J connectivity index is 4.02. The van der Waals surface area contributed by atoms with Gasteiger partial charge in [0, 0.05) is 17.2 Å². The van der Waals surface area contributed by atoms with Gasteiger partial charge in [0.15, 0.2) is 0 Å². The van der Waals surface area contributed by atoms with Crippen LogP contribution in [0.15, 0.2) is 0 Å². The summed E-state index contributed by atoms with van der Waals surface area (Å²) in [6.45, 7) is 3.34. The quantitative estimate of drug-likeness (QED) is 0.691. The number of nitrogens with one attached hydrogen (secondary N) is 1. The highest BCUT2D eigenvalue weighted by Crippen LogP contribution is 1.98. The Labute approximate surface area is 89.3 Å². The summed E-state index contributed by atoms with van der Waals surface area (Å²) >= 11 is 0. The Morgan fingerprint density at radius 3 is 2.07 bits per heavy atom. The molecule has 0 bridgehead atoms. The van der Waals surface area contributed by atoms with Crippen molar-refractivity contribution in [2.24, 2.45) is 5.92 Å². The van der Waals surface area contributed by atoms with Crippen molar-refractivity contribution in [2.75, 3.05) is 18.1 Å². The fraction of sp³-hybridized carbons (Fsp3) is 1.00. The minimum atomic E-state index is -3.63. The second-order valence-corrected chi connectivity index (χ2v) is 8.06. The Kier molecular flexibility index (Phi) is 5.35. The molecule has 0 aromatic carbocycles. The number of hydrogen-bond acceptors (Lipinski definition) is 4. The standard InChI is InChI=1S/C6H14ClNO4S2/c1-6(2)5-14(11,12)8-3-4-13(7,9)10/h6,8H,3-5H2,1-2H3. The van der Waals surface area contributed by atoms with Gasteiger partial charge in [-0.05, 0) is 5.92 Å². The summed E-state index contributed by atoms with van der Waals surface area (Å²) < 4.78 is 45.5. The van der Waals surface area contributed by atoms with Crippen LogP contribution >= 0.6 is 10.7 Å². The molecule has 86 valence electrons. The van der Waals surface area contributed by atoms with E-state index in [2.05, 4.69) is 4.72 Å². The van der Waals surface area contributed by atoms with Gasteiger partial charge in [0.05, 0.1) is 11.5 Å². The molecule has 0 atom stereocenters. The van der Waals surface area contributed by atoms with Crippen molar-refractivity contribution in [2.45, 2.75) is 13.8 Å². The summed E-state index contributed by atoms with van der Waals surface area (Å²) in [6, 6.07) is 0. The van der Waals surface area contributed by atoms with Crippen LogP contribution in [0.25, 0.3) is 0 Å². The van der Waals surface area contributed by atoms with E-state index in [1.165, 1.54) is 0 Å². The molecule has 0 rings (SSSR count). The van der Waals surface area contributed by atoms with E-state index in [0.717, 1.165) is 0 Å². The van der Waals surface area contributed by atoms with E-state index in [-0.39, 0.29) is 18.2 Å². The maximum atomic E-state index is 11.2. The Hall–Kier alpha value is 0.150. The summed E-state index contributed by atoms with van der Waals surface area (Å²) in [6.07, 6.45) is 0. The third-order valence-corrected chi connectivity index (χ3v) is 4.12. The zero-order chi connectivity index (χ0) is 11.4. The molecule has 0 aromatic heterocycles. The normalized spacial score (nSPS) is 13.4. The van der Waals surface area contributed by atoms with E-state index < -0.39 is 24.8 Å². The molecule has 0 radical (unpaired) electrons. The molecule has 0 spiro atoms. The van der Waals surface area contributed by atoms with Gasteiger partial charge in [0.2, 0.25) is 19.1 Å². The average Bonchev–Trinajstić information content (AvgIpc) is 1.78. The van der Waals surface area contributed by atoms with Crippen molar-refractivity contribution in [3.63, 3.8) is 0 Å². The van der Waals surface area contributed by atoms with Crippen molar-refractivity contribution >= 4 is 29.8 Å². The third-order valence-electron chi connectivity index (χ3n) is 1.22. The van der Waals surface area contributed by atoms with Crippen molar-refractivity contribution in [1.82, 2.24) is 4.72 Å². The minimum Gasteiger partial charge on any atom is -0.214 e. The van der Waals surface area contributed by atoms with Gasteiger partial charge in [-0.1, -0.05) is 13.8 Å². The second kappa shape index (κ2) is 5.29. The average molecular weight is 264 g/mol. The van der Waals surface area contributed by atoms with Gasteiger partial charge >= 0.3 is 0 Å². The van der Waals surface area contributed by atoms with Crippen molar-refractivity contribution in [1.29, 1.82) is 0 Å². The van der Waals surface area contributed by atoms with Crippen molar-refractivity contribution in [3.8, 4) is 0 Å². The fourth-order valence-corrected chi connectivity index (χ4v) is 2.93. The molecule has 14 heavy (non-hydrogen) atoms. The van der Waals surface area contributed by atoms with Crippen LogP contribution in [0.4, 0.5) is 0 Å². The van der Waals surface area contributed by atoms with Gasteiger partial charge in [-0.25, -0.2) is 21.6 Å². The van der Waals surface area contributed by atoms with E-state index >= 15 is 0 Å². The van der Waals surface area contributed by atoms with E-state index in [1.807, 2.05) is 0 Å². The first-order valence-electron chi connectivity index (χ1n) is 4.02. The molecule has 0 aliphatic rings. The molecular weight excluding hydrogens is 250 g/mol. The molecule has 0 saturated carbocycles. The molecule has 0 fully saturated rings. The van der Waals surface area contributed by atoms with Gasteiger partial charge in [-0.15, -0.1) is 0 Å². The maximum absolute atomic E-state index is 11.2. The molecule has 0 aliphatic heterocycles. The van der Waals surface area contributed by atoms with Crippen LogP contribution < -0.4 is 4.72 Å². The first-order valence-corrected chi connectivity index (χ1v) is 8.15. The highest BCUT2D eigenvalue weighted by Gasteiger charge is 2.13. The van der Waals surface area contributed by atoms with E-state index in [1.54, 1.807) is 13.8 Å². The SMILES string of the molecule is CC(C)CS(=O)(=O)NCCS(=O)(=O)Cl. The maximum Gasteiger partial charge on any atom is 0.233 e. The van der Waals surface area contributed by atoms with Crippen LogP contribution in [-0.4, -0.2) is 34.9 Å². The van der Waals surface area contributed by atoms with E-state index in [4.69, 9.17) is 10.7 Å². The highest BCUT2D eigenvalue weighted by molar-refractivity contribution is 8.13. The van der Waals surface area contributed by atoms with E-state index in [9.17, 15) is 16.8 Å². The lowest BCUT2D eigenvalue weighted by Gasteiger charge is -2.07. The Morgan fingerprint density at radius 1 is 1.21 bits per heavy atom. The zero-order valence-corrected chi connectivity index (χ0v) is 10.4. The van der Waals surface area contributed by atoms with Crippen molar-refractivity contribution < 1.29 is 16.8 Å². The fourth-order valence-electron chi connectivity index (χ4n) is 0.817. The van der Waals surface area contributed by atoms with Crippen molar-refractivity contribution in [3.05, 3.63) is 0 Å². The van der Waals surface area contributed by atoms with Gasteiger partial charge in [-0.3, -0.25) is 0 Å². The number of hydrogen-bond donors (Lipinski definition) is 1. The number of rotatable bonds is 6. The number of halogens is 1. The lowest BCUT2D eigenvalue weighted by molar-refractivity contribution is 0.569. The summed E-state index contributed by atoms with van der Waals surface area (Å²) in [4.78, 5) is 0. The molecule has 0 aliphatic carbocycles. The lowest BCUT2D eigenvalue weighted by atomic mass is 10.3. The molecule has 0 aromatic rings. The highest BCUT2D eigenvalue weighted by atomic mass is 35.7. The van der Waals surface area contributed by atoms with Crippen LogP contribution in [-0.2, 0) is 19.1 Å². The van der Waals surface area contributed by atoms with Gasteiger partial charge < -0.3 is 0 Å². The first-order chi connectivity index (χ1) is 6.12. The topological polar surface area (TPSA) is 80.3 Å². The molecule has 1 N–H and O–H groups in total. The summed E-state index contributed by atoms with van der Waals surface area (Å²) in [5.74, 6) is -0.415. The molecule has 5 nitrogen and oxygen atoms in total. The third kappa shape index (κ3) is 8.74. The van der Waals surface area contributed by atoms with Crippen LogP contribution in [0.2, 0.25) is 0 Å². The molecule has 8 heteroatoms. The molecule has 0 unspecified atom stereocenters. The van der Waals surface area contributed by atoms with Gasteiger partial charge in [-0.2, -0.15) is 0 Å². The summed E-state index contributed by atoms with van der Waals surface area (Å²) in [5.41, 5.74) is 0. The summed E-state index contributed by atoms with van der Waals surface area (Å²) in [7, 11) is -2.10. The largest absolute Gasteiger partial charge is 0.233 e. The number of sulfonamides is 1. The van der Waals surface area contributed by atoms with Crippen LogP contribution in [0, 0.1) is 5.92 Å². The molecule has 0 amide bonds.